The van der Waals surface area contributed by atoms with Crippen molar-refractivity contribution in [2.75, 3.05) is 5.73 Å². The predicted molar refractivity (Wildman–Crippen MR) is 62.4 cm³/mol. The van der Waals surface area contributed by atoms with E-state index in [1.165, 1.54) is 12.3 Å². The molecule has 2 aromatic heterocycles. The van der Waals surface area contributed by atoms with Gasteiger partial charge in [0, 0.05) is 11.9 Å². The molecule has 17 heavy (non-hydrogen) atoms. The van der Waals surface area contributed by atoms with Crippen LogP contribution in [0.4, 0.5) is 5.69 Å². The van der Waals surface area contributed by atoms with Crippen molar-refractivity contribution in [3.8, 4) is 17.7 Å². The van der Waals surface area contributed by atoms with Gasteiger partial charge in [-0.25, -0.2) is 4.98 Å². The van der Waals surface area contributed by atoms with Gasteiger partial charge in [-0.15, -0.1) is 0 Å². The topological polar surface area (TPSA) is 84.8 Å². The summed E-state index contributed by atoms with van der Waals surface area (Å²) in [5, 5.41) is 8.68. The molecular weight excluding hydrogens is 216 g/mol. The van der Waals surface area contributed by atoms with Crippen LogP contribution >= 0.6 is 0 Å². The average molecular weight is 226 g/mol. The molecule has 0 saturated heterocycles. The zero-order valence-corrected chi connectivity index (χ0v) is 9.21. The van der Waals surface area contributed by atoms with Crippen molar-refractivity contribution in [1.82, 2.24) is 9.97 Å². The summed E-state index contributed by atoms with van der Waals surface area (Å²) >= 11 is 0. The van der Waals surface area contributed by atoms with E-state index in [-0.39, 0.29) is 5.88 Å². The molecule has 84 valence electrons. The molecule has 2 N–H and O–H groups in total. The van der Waals surface area contributed by atoms with Crippen LogP contribution in [0.3, 0.4) is 0 Å². The lowest BCUT2D eigenvalue weighted by Gasteiger charge is -2.06. The Balaban J connectivity index is 2.25. The van der Waals surface area contributed by atoms with Gasteiger partial charge in [-0.2, -0.15) is 5.26 Å². The summed E-state index contributed by atoms with van der Waals surface area (Å²) in [6.07, 6.45) is 3.00. The fourth-order valence-corrected chi connectivity index (χ4v) is 1.24. The lowest BCUT2D eigenvalue weighted by molar-refractivity contribution is 0.463. The molecule has 0 amide bonds. The number of nitriles is 1. The van der Waals surface area contributed by atoms with E-state index in [4.69, 9.17) is 15.7 Å². The molecule has 0 radical (unpaired) electrons. The molecule has 5 nitrogen and oxygen atoms in total. The molecule has 0 spiro atoms. The number of nitrogens with zero attached hydrogens (tertiary/aromatic N) is 3. The summed E-state index contributed by atoms with van der Waals surface area (Å²) in [5.41, 5.74) is 7.34. The van der Waals surface area contributed by atoms with E-state index in [0.29, 0.717) is 17.0 Å². The maximum absolute atomic E-state index is 8.68. The van der Waals surface area contributed by atoms with Crippen LogP contribution in [0, 0.1) is 18.3 Å². The van der Waals surface area contributed by atoms with E-state index in [0.717, 1.165) is 5.69 Å². The third-order valence-corrected chi connectivity index (χ3v) is 2.11. The Morgan fingerprint density at radius 3 is 2.71 bits per heavy atom. The quantitative estimate of drug-likeness (QED) is 0.846. The van der Waals surface area contributed by atoms with Crippen LogP contribution in [-0.2, 0) is 0 Å². The minimum Gasteiger partial charge on any atom is -0.435 e. The van der Waals surface area contributed by atoms with Gasteiger partial charge in [0.05, 0.1) is 17.4 Å². The third-order valence-electron chi connectivity index (χ3n) is 2.11. The number of hydrogen-bond acceptors (Lipinski definition) is 5. The van der Waals surface area contributed by atoms with Gasteiger partial charge in [-0.1, -0.05) is 0 Å². The number of ether oxygens (including phenoxy) is 1. The summed E-state index contributed by atoms with van der Waals surface area (Å²) in [6, 6.07) is 7.08. The fraction of sp³-hybridized carbons (Fsp3) is 0.0833. The molecule has 0 aromatic carbocycles. The van der Waals surface area contributed by atoms with Gasteiger partial charge in [-0.3, -0.25) is 4.98 Å². The minimum atomic E-state index is 0.273. The van der Waals surface area contributed by atoms with Crippen molar-refractivity contribution in [3.05, 3.63) is 41.9 Å². The molecule has 0 atom stereocenters. The molecule has 2 heterocycles. The number of aryl methyl sites for hydroxylation is 1. The number of hydrogen-bond donors (Lipinski definition) is 1. The molecular formula is C12H10N4O. The number of nitrogen functional groups attached to an aromatic ring is 1. The van der Waals surface area contributed by atoms with Crippen LogP contribution < -0.4 is 10.5 Å². The second-order valence-electron chi connectivity index (χ2n) is 3.47. The van der Waals surface area contributed by atoms with Crippen LogP contribution in [-0.4, -0.2) is 9.97 Å². The summed E-state index contributed by atoms with van der Waals surface area (Å²) in [6.45, 7) is 1.89. The average Bonchev–Trinajstić information content (AvgIpc) is 2.34. The number of pyridine rings is 2. The number of rotatable bonds is 2. The minimum absolute atomic E-state index is 0.273. The van der Waals surface area contributed by atoms with E-state index >= 15 is 0 Å². The molecule has 5 heteroatoms. The van der Waals surface area contributed by atoms with Gasteiger partial charge < -0.3 is 10.5 Å². The molecule has 0 saturated carbocycles. The molecule has 0 bridgehead atoms. The van der Waals surface area contributed by atoms with Crippen molar-refractivity contribution in [2.45, 2.75) is 6.92 Å². The van der Waals surface area contributed by atoms with Crippen LogP contribution in [0.15, 0.2) is 30.6 Å². The number of nitrogens with two attached hydrogens (primary N) is 1. The maximum Gasteiger partial charge on any atom is 0.242 e. The van der Waals surface area contributed by atoms with Gasteiger partial charge in [0.25, 0.3) is 0 Å². The van der Waals surface area contributed by atoms with Crippen LogP contribution in [0.1, 0.15) is 11.3 Å². The Bertz CT molecular complexity index is 572. The van der Waals surface area contributed by atoms with Crippen LogP contribution in [0.2, 0.25) is 0 Å². The first-order valence-corrected chi connectivity index (χ1v) is 4.95. The lowest BCUT2D eigenvalue weighted by Crippen LogP contribution is -1.96. The zero-order chi connectivity index (χ0) is 12.3. The molecule has 0 aliphatic carbocycles. The highest BCUT2D eigenvalue weighted by Gasteiger charge is 2.05. The van der Waals surface area contributed by atoms with Gasteiger partial charge in [0.15, 0.2) is 0 Å². The zero-order valence-electron chi connectivity index (χ0n) is 9.21. The monoisotopic (exact) mass is 226 g/mol. The van der Waals surface area contributed by atoms with Gasteiger partial charge in [0.2, 0.25) is 5.88 Å². The standard InChI is InChI=1S/C12H10N4O/c1-8-2-3-10(7-15-8)17-12-11(14)4-9(5-13)6-16-12/h2-4,6-7H,14H2,1H3. The molecule has 0 aliphatic rings. The van der Waals surface area contributed by atoms with E-state index in [1.807, 2.05) is 19.1 Å². The third kappa shape index (κ3) is 2.49. The van der Waals surface area contributed by atoms with Crippen LogP contribution in [0.25, 0.3) is 0 Å². The van der Waals surface area contributed by atoms with E-state index < -0.39 is 0 Å². The summed E-state index contributed by atoms with van der Waals surface area (Å²) in [5.74, 6) is 0.828. The van der Waals surface area contributed by atoms with Crippen LogP contribution in [0.5, 0.6) is 11.6 Å². The summed E-state index contributed by atoms with van der Waals surface area (Å²) in [7, 11) is 0. The Morgan fingerprint density at radius 2 is 2.12 bits per heavy atom. The highest BCUT2D eigenvalue weighted by atomic mass is 16.5. The normalized spacial score (nSPS) is 9.65. The Kier molecular flexibility index (Phi) is 2.88. The first-order chi connectivity index (χ1) is 8.19. The number of anilines is 1. The van der Waals surface area contributed by atoms with Gasteiger partial charge in [0.1, 0.15) is 11.8 Å². The number of aromatic nitrogens is 2. The molecule has 0 unspecified atom stereocenters. The highest BCUT2D eigenvalue weighted by Crippen LogP contribution is 2.24. The lowest BCUT2D eigenvalue weighted by atomic mass is 10.3. The SMILES string of the molecule is Cc1ccc(Oc2ncc(C#N)cc2N)cn1. The maximum atomic E-state index is 8.68. The first kappa shape index (κ1) is 10.9. The van der Waals surface area contributed by atoms with Crippen molar-refractivity contribution in [1.29, 1.82) is 5.26 Å². The van der Waals surface area contributed by atoms with E-state index in [9.17, 15) is 0 Å². The Morgan fingerprint density at radius 1 is 1.29 bits per heavy atom. The molecule has 2 rings (SSSR count). The van der Waals surface area contributed by atoms with E-state index in [2.05, 4.69) is 9.97 Å². The van der Waals surface area contributed by atoms with Crippen molar-refractivity contribution in [3.63, 3.8) is 0 Å². The smallest absolute Gasteiger partial charge is 0.242 e. The fourth-order valence-electron chi connectivity index (χ4n) is 1.24. The Hall–Kier alpha value is -2.61. The summed E-state index contributed by atoms with van der Waals surface area (Å²) in [4.78, 5) is 8.06. The van der Waals surface area contributed by atoms with Gasteiger partial charge in [-0.05, 0) is 25.1 Å². The molecule has 2 aromatic rings. The first-order valence-electron chi connectivity index (χ1n) is 4.95. The highest BCUT2D eigenvalue weighted by molar-refractivity contribution is 5.53. The molecule has 0 fully saturated rings. The second-order valence-corrected chi connectivity index (χ2v) is 3.47. The van der Waals surface area contributed by atoms with Crippen molar-refractivity contribution in [2.24, 2.45) is 0 Å². The van der Waals surface area contributed by atoms with E-state index in [1.54, 1.807) is 12.3 Å². The van der Waals surface area contributed by atoms with Gasteiger partial charge >= 0.3 is 0 Å². The second kappa shape index (κ2) is 4.49. The summed E-state index contributed by atoms with van der Waals surface area (Å²) < 4.78 is 5.46. The van der Waals surface area contributed by atoms with Crippen molar-refractivity contribution < 1.29 is 4.74 Å². The Labute approximate surface area is 98.5 Å². The predicted octanol–water partition coefficient (Wildman–Crippen LogP) is 2.03. The van der Waals surface area contributed by atoms with Crippen molar-refractivity contribution >= 4 is 5.69 Å². The molecule has 0 aliphatic heterocycles. The largest absolute Gasteiger partial charge is 0.435 e.